The van der Waals surface area contributed by atoms with E-state index in [0.717, 1.165) is 23.4 Å². The lowest BCUT2D eigenvalue weighted by atomic mass is 9.99. The molecule has 1 fully saturated rings. The van der Waals surface area contributed by atoms with E-state index < -0.39 is 17.7 Å². The molecule has 5 nitrogen and oxygen atoms in total. The van der Waals surface area contributed by atoms with Crippen molar-refractivity contribution in [2.24, 2.45) is 5.92 Å². The van der Waals surface area contributed by atoms with Gasteiger partial charge in [0.05, 0.1) is 23.7 Å². The molecule has 0 spiro atoms. The van der Waals surface area contributed by atoms with E-state index in [9.17, 15) is 18.0 Å². The zero-order valence-electron chi connectivity index (χ0n) is 14.8. The summed E-state index contributed by atoms with van der Waals surface area (Å²) in [6.45, 7) is 2.05. The molecule has 2 heterocycles. The van der Waals surface area contributed by atoms with Crippen LogP contribution in [0.2, 0.25) is 0 Å². The van der Waals surface area contributed by atoms with E-state index in [1.165, 1.54) is 6.20 Å². The summed E-state index contributed by atoms with van der Waals surface area (Å²) in [5.41, 5.74) is 1.57. The number of carboxylic acid groups (broad SMARTS) is 1. The molecule has 0 atom stereocenters. The van der Waals surface area contributed by atoms with Crippen LogP contribution in [-0.4, -0.2) is 41.1 Å². The van der Waals surface area contributed by atoms with Crippen molar-refractivity contribution < 1.29 is 23.1 Å². The number of anilines is 1. The summed E-state index contributed by atoms with van der Waals surface area (Å²) in [5.74, 6) is -1.04. The molecule has 1 aliphatic rings. The van der Waals surface area contributed by atoms with Crippen LogP contribution in [0.15, 0.2) is 42.6 Å². The molecule has 3 rings (SSSR count). The third-order valence-electron chi connectivity index (χ3n) is 4.63. The molecule has 8 heteroatoms. The highest BCUT2D eigenvalue weighted by molar-refractivity contribution is 5.71. The number of hydrogen-bond donors (Lipinski definition) is 1. The van der Waals surface area contributed by atoms with Gasteiger partial charge in [-0.25, -0.2) is 0 Å². The Kier molecular flexibility index (Phi) is 5.36. The second-order valence-corrected chi connectivity index (χ2v) is 6.79. The smallest absolute Gasteiger partial charge is 0.416 e. The summed E-state index contributed by atoms with van der Waals surface area (Å²) in [4.78, 5) is 18.7. The summed E-state index contributed by atoms with van der Waals surface area (Å²) in [6, 6.07) is 9.71. The molecular weight excluding hydrogens is 359 g/mol. The van der Waals surface area contributed by atoms with E-state index in [0.29, 0.717) is 25.3 Å². The van der Waals surface area contributed by atoms with Crippen molar-refractivity contribution in [2.75, 3.05) is 25.0 Å². The van der Waals surface area contributed by atoms with Crippen LogP contribution < -0.4 is 4.90 Å². The fourth-order valence-electron chi connectivity index (χ4n) is 3.04. The zero-order valence-corrected chi connectivity index (χ0v) is 14.8. The molecule has 0 amide bonds. The fraction of sp³-hybridized carbons (Fsp3) is 0.368. The minimum atomic E-state index is -4.38. The van der Waals surface area contributed by atoms with Gasteiger partial charge in [-0.2, -0.15) is 13.2 Å². The molecule has 0 unspecified atom stereocenters. The van der Waals surface area contributed by atoms with Crippen molar-refractivity contribution in [3.8, 4) is 0 Å². The number of carboxylic acids is 1. The molecule has 0 bridgehead atoms. The number of halogens is 3. The Morgan fingerprint density at radius 1 is 1.26 bits per heavy atom. The average molecular weight is 379 g/mol. The van der Waals surface area contributed by atoms with Crippen LogP contribution in [0, 0.1) is 5.92 Å². The molecule has 2 aromatic rings. The van der Waals surface area contributed by atoms with Gasteiger partial charge in [0.2, 0.25) is 0 Å². The van der Waals surface area contributed by atoms with E-state index in [4.69, 9.17) is 5.11 Å². The van der Waals surface area contributed by atoms with Crippen LogP contribution in [-0.2, 0) is 24.1 Å². The Hall–Kier alpha value is -2.61. The Morgan fingerprint density at radius 2 is 1.93 bits per heavy atom. The Bertz CT molecular complexity index is 803. The number of pyridine rings is 1. The van der Waals surface area contributed by atoms with Gasteiger partial charge < -0.3 is 10.0 Å². The summed E-state index contributed by atoms with van der Waals surface area (Å²) < 4.78 is 38.4. The number of benzene rings is 1. The van der Waals surface area contributed by atoms with Gasteiger partial charge in [0, 0.05) is 38.6 Å². The van der Waals surface area contributed by atoms with Crippen LogP contribution in [0.3, 0.4) is 0 Å². The van der Waals surface area contributed by atoms with Crippen LogP contribution in [0.25, 0.3) is 0 Å². The zero-order chi connectivity index (χ0) is 19.6. The predicted octanol–water partition coefficient (Wildman–Crippen LogP) is 3.25. The van der Waals surface area contributed by atoms with Crippen LogP contribution in [0.5, 0.6) is 0 Å². The van der Waals surface area contributed by atoms with E-state index in [1.807, 2.05) is 29.2 Å². The molecular formula is C19H20F3N3O2. The van der Waals surface area contributed by atoms with E-state index >= 15 is 0 Å². The summed E-state index contributed by atoms with van der Waals surface area (Å²) >= 11 is 0. The van der Waals surface area contributed by atoms with Gasteiger partial charge in [-0.05, 0) is 29.8 Å². The normalized spacial score (nSPS) is 15.4. The van der Waals surface area contributed by atoms with Gasteiger partial charge in [0.1, 0.15) is 0 Å². The van der Waals surface area contributed by atoms with E-state index in [1.54, 1.807) is 7.05 Å². The first-order valence-electron chi connectivity index (χ1n) is 8.50. The first-order valence-corrected chi connectivity index (χ1v) is 8.50. The van der Waals surface area contributed by atoms with Crippen molar-refractivity contribution in [2.45, 2.75) is 19.3 Å². The molecule has 0 saturated carbocycles. The second-order valence-electron chi connectivity index (χ2n) is 6.79. The van der Waals surface area contributed by atoms with Gasteiger partial charge in [0.15, 0.2) is 0 Å². The monoisotopic (exact) mass is 379 g/mol. The maximum absolute atomic E-state index is 12.8. The van der Waals surface area contributed by atoms with Crippen LogP contribution >= 0.6 is 0 Å². The van der Waals surface area contributed by atoms with Gasteiger partial charge in [0.25, 0.3) is 0 Å². The lowest BCUT2D eigenvalue weighted by Gasteiger charge is -2.36. The van der Waals surface area contributed by atoms with E-state index in [2.05, 4.69) is 9.88 Å². The Balaban J connectivity index is 1.58. The first-order chi connectivity index (χ1) is 12.7. The average Bonchev–Trinajstić information content (AvgIpc) is 2.57. The Labute approximate surface area is 155 Å². The van der Waals surface area contributed by atoms with Crippen molar-refractivity contribution in [1.29, 1.82) is 0 Å². The van der Waals surface area contributed by atoms with Crippen molar-refractivity contribution in [1.82, 2.24) is 9.88 Å². The molecule has 1 saturated heterocycles. The standard InChI is InChI=1S/C19H20F3N3O2/c1-24(12-16-8-15(6-7-23-16)19(20,21)22)17-4-2-13(3-5-17)9-25-10-14(11-25)18(26)27/h2-8,14H,9-12H2,1H3,(H,26,27). The predicted molar refractivity (Wildman–Crippen MR) is 94.2 cm³/mol. The maximum Gasteiger partial charge on any atom is 0.416 e. The molecule has 0 aliphatic carbocycles. The molecule has 0 radical (unpaired) electrons. The largest absolute Gasteiger partial charge is 0.481 e. The van der Waals surface area contributed by atoms with Crippen LogP contribution in [0.1, 0.15) is 16.8 Å². The fourth-order valence-corrected chi connectivity index (χ4v) is 3.04. The summed E-state index contributed by atoms with van der Waals surface area (Å²) in [5, 5.41) is 8.90. The number of alkyl halides is 3. The third-order valence-corrected chi connectivity index (χ3v) is 4.63. The number of aliphatic carboxylic acids is 1. The van der Waals surface area contributed by atoms with Gasteiger partial charge in [-0.1, -0.05) is 12.1 Å². The number of hydrogen-bond acceptors (Lipinski definition) is 4. The number of aromatic nitrogens is 1. The molecule has 27 heavy (non-hydrogen) atoms. The third kappa shape index (κ3) is 4.77. The van der Waals surface area contributed by atoms with Crippen molar-refractivity contribution >= 4 is 11.7 Å². The SMILES string of the molecule is CN(Cc1cc(C(F)(F)F)ccn1)c1ccc(CN2CC(C(=O)O)C2)cc1. The van der Waals surface area contributed by atoms with Gasteiger partial charge in [-0.15, -0.1) is 0 Å². The number of carbonyl (C=O) groups is 1. The number of nitrogens with zero attached hydrogens (tertiary/aromatic N) is 3. The molecule has 1 aromatic carbocycles. The van der Waals surface area contributed by atoms with Gasteiger partial charge >= 0.3 is 12.1 Å². The summed E-state index contributed by atoms with van der Waals surface area (Å²) in [6.07, 6.45) is -3.21. The lowest BCUT2D eigenvalue weighted by molar-refractivity contribution is -0.147. The highest BCUT2D eigenvalue weighted by Gasteiger charge is 2.32. The molecule has 1 N–H and O–H groups in total. The number of likely N-dealkylation sites (tertiary alicyclic amines) is 1. The summed E-state index contributed by atoms with van der Waals surface area (Å²) in [7, 11) is 1.80. The Morgan fingerprint density at radius 3 is 2.52 bits per heavy atom. The molecule has 1 aliphatic heterocycles. The molecule has 1 aromatic heterocycles. The maximum atomic E-state index is 12.8. The van der Waals surface area contributed by atoms with Gasteiger partial charge in [-0.3, -0.25) is 14.7 Å². The highest BCUT2D eigenvalue weighted by atomic mass is 19.4. The number of rotatable bonds is 6. The minimum Gasteiger partial charge on any atom is -0.481 e. The second kappa shape index (κ2) is 7.56. The van der Waals surface area contributed by atoms with Crippen LogP contribution in [0.4, 0.5) is 18.9 Å². The molecule has 144 valence electrons. The minimum absolute atomic E-state index is 0.260. The topological polar surface area (TPSA) is 56.7 Å². The van der Waals surface area contributed by atoms with E-state index in [-0.39, 0.29) is 12.5 Å². The quantitative estimate of drug-likeness (QED) is 0.835. The first kappa shape index (κ1) is 19.2. The van der Waals surface area contributed by atoms with Crippen molar-refractivity contribution in [3.63, 3.8) is 0 Å². The lowest BCUT2D eigenvalue weighted by Crippen LogP contribution is -2.49. The highest BCUT2D eigenvalue weighted by Crippen LogP contribution is 2.29. The van der Waals surface area contributed by atoms with Crippen molar-refractivity contribution in [3.05, 3.63) is 59.4 Å².